The highest BCUT2D eigenvalue weighted by molar-refractivity contribution is 7.91. The first-order valence-electron chi connectivity index (χ1n) is 6.04. The molecule has 0 unspecified atom stereocenters. The van der Waals surface area contributed by atoms with Gasteiger partial charge in [0.15, 0.2) is 5.76 Å². The van der Waals surface area contributed by atoms with Crippen LogP contribution in [0.3, 0.4) is 0 Å². The zero-order valence-corrected chi connectivity index (χ0v) is 12.9. The van der Waals surface area contributed by atoms with Crippen molar-refractivity contribution in [1.29, 1.82) is 0 Å². The van der Waals surface area contributed by atoms with E-state index in [1.165, 1.54) is 0 Å². The number of rotatable bonds is 7. The number of nitrogens with one attached hydrogen (secondary N) is 1. The van der Waals surface area contributed by atoms with Crippen molar-refractivity contribution in [1.82, 2.24) is 9.88 Å². The summed E-state index contributed by atoms with van der Waals surface area (Å²) in [7, 11) is -1.89. The van der Waals surface area contributed by atoms with Crippen molar-refractivity contribution in [2.75, 3.05) is 20.3 Å². The van der Waals surface area contributed by atoms with Gasteiger partial charge in [0.1, 0.15) is 4.21 Å². The van der Waals surface area contributed by atoms with E-state index in [0.29, 0.717) is 30.9 Å². The zero-order chi connectivity index (χ0) is 14.6. The van der Waals surface area contributed by atoms with Crippen molar-refractivity contribution in [3.05, 3.63) is 23.2 Å². The molecule has 0 saturated heterocycles. The summed E-state index contributed by atoms with van der Waals surface area (Å²) in [6.45, 7) is 2.69. The first kappa shape index (κ1) is 15.2. The minimum Gasteiger partial charge on any atom is -0.385 e. The molecule has 0 aliphatic carbocycles. The lowest BCUT2D eigenvalue weighted by Gasteiger charge is -2.03. The van der Waals surface area contributed by atoms with Crippen LogP contribution in [0.25, 0.3) is 11.3 Å². The summed E-state index contributed by atoms with van der Waals surface area (Å²) >= 11 is 1.15. The van der Waals surface area contributed by atoms with Crippen LogP contribution in [0.1, 0.15) is 12.1 Å². The molecule has 0 radical (unpaired) electrons. The Balaban J connectivity index is 2.07. The molecule has 8 heteroatoms. The highest BCUT2D eigenvalue weighted by Crippen LogP contribution is 2.28. The molecule has 0 spiro atoms. The van der Waals surface area contributed by atoms with Crippen LogP contribution >= 0.6 is 11.3 Å². The van der Waals surface area contributed by atoms with Crippen LogP contribution in [0.2, 0.25) is 0 Å². The molecule has 2 aromatic rings. The summed E-state index contributed by atoms with van der Waals surface area (Å²) in [5.74, 6) is 0.569. The molecule has 0 fully saturated rings. The van der Waals surface area contributed by atoms with Crippen molar-refractivity contribution >= 4 is 21.4 Å². The summed E-state index contributed by atoms with van der Waals surface area (Å²) < 4.78 is 36.9. The molecule has 0 saturated carbocycles. The Morgan fingerprint density at radius 3 is 2.90 bits per heavy atom. The predicted octanol–water partition coefficient (Wildman–Crippen LogP) is 2.03. The van der Waals surface area contributed by atoms with Gasteiger partial charge in [0, 0.05) is 37.3 Å². The van der Waals surface area contributed by atoms with E-state index in [9.17, 15) is 8.42 Å². The van der Waals surface area contributed by atoms with Gasteiger partial charge in [0.05, 0.1) is 5.69 Å². The van der Waals surface area contributed by atoms with Gasteiger partial charge in [-0.15, -0.1) is 11.3 Å². The van der Waals surface area contributed by atoms with Crippen LogP contribution < -0.4 is 4.72 Å². The number of aryl methyl sites for hydroxylation is 1. The number of thiophene rings is 1. The van der Waals surface area contributed by atoms with Crippen LogP contribution in [-0.4, -0.2) is 33.8 Å². The second kappa shape index (κ2) is 6.49. The molecule has 2 rings (SSSR count). The van der Waals surface area contributed by atoms with Gasteiger partial charge in [-0.2, -0.15) is 0 Å². The van der Waals surface area contributed by atoms with Crippen LogP contribution in [0.5, 0.6) is 0 Å². The maximum atomic E-state index is 12.1. The largest absolute Gasteiger partial charge is 0.385 e. The quantitative estimate of drug-likeness (QED) is 0.790. The maximum absolute atomic E-state index is 12.1. The summed E-state index contributed by atoms with van der Waals surface area (Å²) in [6.07, 6.45) is 0.634. The summed E-state index contributed by atoms with van der Waals surface area (Å²) in [5.41, 5.74) is 1.47. The summed E-state index contributed by atoms with van der Waals surface area (Å²) in [5, 5.41) is 5.52. The molecule has 1 N–H and O–H groups in total. The predicted molar refractivity (Wildman–Crippen MR) is 76.2 cm³/mol. The molecule has 0 aliphatic rings. The fourth-order valence-electron chi connectivity index (χ4n) is 1.58. The fraction of sp³-hybridized carbons (Fsp3) is 0.417. The summed E-state index contributed by atoms with van der Waals surface area (Å²) in [4.78, 5) is 0. The third kappa shape index (κ3) is 3.66. The molecule has 110 valence electrons. The van der Waals surface area contributed by atoms with E-state index < -0.39 is 10.0 Å². The molecule has 0 amide bonds. The molecule has 2 aromatic heterocycles. The highest BCUT2D eigenvalue weighted by Gasteiger charge is 2.17. The maximum Gasteiger partial charge on any atom is 0.250 e. The number of hydrogen-bond donors (Lipinski definition) is 1. The molecular weight excluding hydrogens is 300 g/mol. The number of nitrogens with zero attached hydrogens (tertiary/aromatic N) is 1. The molecule has 20 heavy (non-hydrogen) atoms. The molecule has 0 atom stereocenters. The van der Waals surface area contributed by atoms with Crippen LogP contribution in [0, 0.1) is 6.92 Å². The molecule has 6 nitrogen and oxygen atoms in total. The fourth-order valence-corrected chi connectivity index (χ4v) is 3.87. The number of aromatic nitrogens is 1. The van der Waals surface area contributed by atoms with Gasteiger partial charge in [-0.25, -0.2) is 13.1 Å². The van der Waals surface area contributed by atoms with Gasteiger partial charge < -0.3 is 9.26 Å². The zero-order valence-electron chi connectivity index (χ0n) is 11.3. The SMILES string of the molecule is COCCCNS(=O)(=O)c1cc(-c2cc(C)no2)cs1. The van der Waals surface area contributed by atoms with E-state index in [2.05, 4.69) is 9.88 Å². The second-order valence-corrected chi connectivity index (χ2v) is 7.14. The Hall–Kier alpha value is -1.22. The highest BCUT2D eigenvalue weighted by atomic mass is 32.2. The van der Waals surface area contributed by atoms with Crippen molar-refractivity contribution in [2.45, 2.75) is 17.6 Å². The topological polar surface area (TPSA) is 81.4 Å². The number of sulfonamides is 1. The van der Waals surface area contributed by atoms with Gasteiger partial charge in [-0.05, 0) is 19.4 Å². The Bertz CT molecular complexity index is 661. The first-order valence-corrected chi connectivity index (χ1v) is 8.40. The van der Waals surface area contributed by atoms with Crippen LogP contribution in [0.4, 0.5) is 0 Å². The molecular formula is C12H16N2O4S2. The third-order valence-electron chi connectivity index (χ3n) is 2.57. The van der Waals surface area contributed by atoms with E-state index >= 15 is 0 Å². The van der Waals surface area contributed by atoms with Crippen molar-refractivity contribution in [2.24, 2.45) is 0 Å². The van der Waals surface area contributed by atoms with E-state index in [4.69, 9.17) is 9.26 Å². The van der Waals surface area contributed by atoms with Crippen molar-refractivity contribution in [3.63, 3.8) is 0 Å². The Labute approximate surface area is 121 Å². The molecule has 0 bridgehead atoms. The van der Waals surface area contributed by atoms with E-state index in [0.717, 1.165) is 17.0 Å². The Morgan fingerprint density at radius 1 is 1.45 bits per heavy atom. The Kier molecular flexibility index (Phi) is 4.92. The lowest BCUT2D eigenvalue weighted by atomic mass is 10.2. The molecule has 2 heterocycles. The van der Waals surface area contributed by atoms with Gasteiger partial charge in [0.2, 0.25) is 10.0 Å². The first-order chi connectivity index (χ1) is 9.53. The van der Waals surface area contributed by atoms with Crippen molar-refractivity contribution < 1.29 is 17.7 Å². The Morgan fingerprint density at radius 2 is 2.25 bits per heavy atom. The minimum absolute atomic E-state index is 0.263. The normalized spacial score (nSPS) is 11.9. The average molecular weight is 316 g/mol. The van der Waals surface area contributed by atoms with Gasteiger partial charge in [-0.1, -0.05) is 5.16 Å². The van der Waals surface area contributed by atoms with Gasteiger partial charge >= 0.3 is 0 Å². The van der Waals surface area contributed by atoms with E-state index in [1.807, 2.05) is 6.92 Å². The van der Waals surface area contributed by atoms with Crippen LogP contribution in [-0.2, 0) is 14.8 Å². The monoisotopic (exact) mass is 316 g/mol. The second-order valence-electron chi connectivity index (χ2n) is 4.23. The number of methoxy groups -OCH3 is 1. The standard InChI is InChI=1S/C12H16N2O4S2/c1-9-6-11(18-14-9)10-7-12(19-8-10)20(15,16)13-4-3-5-17-2/h6-8,13H,3-5H2,1-2H3. The summed E-state index contributed by atoms with van der Waals surface area (Å²) in [6, 6.07) is 3.35. The minimum atomic E-state index is -3.47. The average Bonchev–Trinajstić information content (AvgIpc) is 3.03. The lowest BCUT2D eigenvalue weighted by Crippen LogP contribution is -2.24. The van der Waals surface area contributed by atoms with E-state index in [1.54, 1.807) is 24.6 Å². The van der Waals surface area contributed by atoms with Gasteiger partial charge in [-0.3, -0.25) is 0 Å². The number of ether oxygens (including phenoxy) is 1. The lowest BCUT2D eigenvalue weighted by molar-refractivity contribution is 0.196. The molecule has 0 aliphatic heterocycles. The van der Waals surface area contributed by atoms with Crippen LogP contribution in [0.15, 0.2) is 26.2 Å². The number of hydrogen-bond acceptors (Lipinski definition) is 6. The molecule has 0 aromatic carbocycles. The van der Waals surface area contributed by atoms with Crippen molar-refractivity contribution in [3.8, 4) is 11.3 Å². The van der Waals surface area contributed by atoms with E-state index in [-0.39, 0.29) is 4.21 Å². The third-order valence-corrected chi connectivity index (χ3v) is 5.47. The van der Waals surface area contributed by atoms with Gasteiger partial charge in [0.25, 0.3) is 0 Å². The smallest absolute Gasteiger partial charge is 0.250 e.